The van der Waals surface area contributed by atoms with Crippen molar-refractivity contribution in [2.24, 2.45) is 0 Å². The van der Waals surface area contributed by atoms with E-state index < -0.39 is 0 Å². The Morgan fingerprint density at radius 1 is 0.500 bits per heavy atom. The summed E-state index contributed by atoms with van der Waals surface area (Å²) in [5.74, 6) is 0. The molecule has 0 N–H and O–H groups in total. The minimum absolute atomic E-state index is 0.987. The number of para-hydroxylation sites is 2. The smallest absolute Gasteiger partial charge is 0.238 e. The van der Waals surface area contributed by atoms with Gasteiger partial charge in [-0.15, -0.1) is 4.40 Å². The van der Waals surface area contributed by atoms with Gasteiger partial charge in [0.1, 0.15) is 11.7 Å². The van der Waals surface area contributed by atoms with Crippen molar-refractivity contribution in [2.75, 3.05) is 0 Å². The zero-order valence-corrected chi connectivity index (χ0v) is 16.4. The van der Waals surface area contributed by atoms with E-state index in [4.69, 9.17) is 4.98 Å². The molecule has 30 heavy (non-hydrogen) atoms. The first kappa shape index (κ1) is 16.9. The van der Waals surface area contributed by atoms with Crippen LogP contribution in [0.5, 0.6) is 0 Å². The molecular weight excluding hydrogens is 364 g/mol. The van der Waals surface area contributed by atoms with Crippen LogP contribution >= 0.6 is 0 Å². The third kappa shape index (κ3) is 2.51. The molecule has 140 valence electrons. The molecule has 2 heteroatoms. The lowest BCUT2D eigenvalue weighted by atomic mass is 9.93. The van der Waals surface area contributed by atoms with Gasteiger partial charge in [0, 0.05) is 17.0 Å². The highest BCUT2D eigenvalue weighted by Crippen LogP contribution is 2.37. The molecule has 0 aliphatic heterocycles. The van der Waals surface area contributed by atoms with Crippen molar-refractivity contribution in [3.8, 4) is 22.4 Å². The molecule has 6 aromatic rings. The maximum Gasteiger partial charge on any atom is 0.238 e. The normalized spacial score (nSPS) is 11.3. The molecule has 6 rings (SSSR count). The molecule has 0 saturated carbocycles. The second kappa shape index (κ2) is 6.78. The summed E-state index contributed by atoms with van der Waals surface area (Å²) in [4.78, 5) is 4.78. The Bertz CT molecular complexity index is 1510. The summed E-state index contributed by atoms with van der Waals surface area (Å²) in [6, 6.07) is 38.4. The molecule has 0 atom stereocenters. The molecule has 0 aliphatic rings. The summed E-state index contributed by atoms with van der Waals surface area (Å²) in [7, 11) is 0. The average Bonchev–Trinajstić information content (AvgIpc) is 2.84. The predicted octanol–water partition coefficient (Wildman–Crippen LogP) is 6.46. The summed E-state index contributed by atoms with van der Waals surface area (Å²) in [5.41, 5.74) is 8.04. The van der Waals surface area contributed by atoms with E-state index >= 15 is 0 Å². The lowest BCUT2D eigenvalue weighted by Crippen LogP contribution is -2.28. The maximum absolute atomic E-state index is 4.78. The average molecular weight is 383 g/mol. The van der Waals surface area contributed by atoms with Gasteiger partial charge < -0.3 is 0 Å². The Labute approximate surface area is 174 Å². The highest BCUT2D eigenvalue weighted by molar-refractivity contribution is 6.07. The van der Waals surface area contributed by atoms with Crippen LogP contribution in [0.1, 0.15) is 0 Å². The van der Waals surface area contributed by atoms with E-state index in [1.54, 1.807) is 0 Å². The first-order valence-corrected chi connectivity index (χ1v) is 10.2. The van der Waals surface area contributed by atoms with Crippen LogP contribution in [0, 0.1) is 0 Å². The zero-order valence-electron chi connectivity index (χ0n) is 16.4. The van der Waals surface area contributed by atoms with Gasteiger partial charge in [0.05, 0.1) is 10.9 Å². The Kier molecular flexibility index (Phi) is 3.82. The van der Waals surface area contributed by atoms with Gasteiger partial charge in [0.15, 0.2) is 0 Å². The monoisotopic (exact) mass is 383 g/mol. The van der Waals surface area contributed by atoms with E-state index in [1.165, 1.54) is 33.2 Å². The molecule has 2 nitrogen and oxygen atoms in total. The predicted molar refractivity (Wildman–Crippen MR) is 123 cm³/mol. The number of nitrogens with zero attached hydrogens (tertiary/aromatic N) is 2. The number of pyridine rings is 1. The van der Waals surface area contributed by atoms with Crippen molar-refractivity contribution < 1.29 is 4.40 Å². The fourth-order valence-corrected chi connectivity index (χ4v) is 4.44. The van der Waals surface area contributed by atoms with E-state index in [9.17, 15) is 0 Å². The van der Waals surface area contributed by atoms with Crippen molar-refractivity contribution in [3.05, 3.63) is 115 Å². The van der Waals surface area contributed by atoms with Gasteiger partial charge in [0.25, 0.3) is 0 Å². The topological polar surface area (TPSA) is 17.0 Å². The van der Waals surface area contributed by atoms with Gasteiger partial charge in [-0.1, -0.05) is 78.9 Å². The number of aromatic nitrogens is 2. The van der Waals surface area contributed by atoms with E-state index in [0.717, 1.165) is 16.6 Å². The first-order chi connectivity index (χ1) is 14.9. The van der Waals surface area contributed by atoms with Gasteiger partial charge in [-0.05, 0) is 29.8 Å². The van der Waals surface area contributed by atoms with Gasteiger partial charge in [-0.2, -0.15) is 0 Å². The van der Waals surface area contributed by atoms with Crippen molar-refractivity contribution in [1.82, 2.24) is 4.98 Å². The van der Waals surface area contributed by atoms with Crippen LogP contribution in [0.15, 0.2) is 115 Å². The van der Waals surface area contributed by atoms with Crippen LogP contribution < -0.4 is 4.40 Å². The van der Waals surface area contributed by atoms with Gasteiger partial charge >= 0.3 is 0 Å². The zero-order chi connectivity index (χ0) is 19.9. The van der Waals surface area contributed by atoms with E-state index in [0.29, 0.717) is 0 Å². The Balaban J connectivity index is 1.96. The number of hydrogen-bond acceptors (Lipinski definition) is 1. The van der Waals surface area contributed by atoms with Gasteiger partial charge in [0.2, 0.25) is 16.7 Å². The molecule has 0 saturated heterocycles. The minimum atomic E-state index is 0.987. The fraction of sp³-hybridized carbons (Fsp3) is 0. The molecule has 0 bridgehead atoms. The third-order valence-electron chi connectivity index (χ3n) is 5.73. The number of benzene rings is 4. The summed E-state index contributed by atoms with van der Waals surface area (Å²) >= 11 is 0. The lowest BCUT2D eigenvalue weighted by molar-refractivity contribution is -0.467. The quantitative estimate of drug-likeness (QED) is 0.248. The summed E-state index contributed by atoms with van der Waals surface area (Å²) < 4.78 is 2.38. The highest BCUT2D eigenvalue weighted by atomic mass is 14.9. The van der Waals surface area contributed by atoms with Crippen molar-refractivity contribution in [3.63, 3.8) is 0 Å². The van der Waals surface area contributed by atoms with Crippen molar-refractivity contribution >= 4 is 27.3 Å². The van der Waals surface area contributed by atoms with E-state index in [-0.39, 0.29) is 0 Å². The molecular formula is C28H19N2+. The second-order valence-electron chi connectivity index (χ2n) is 7.47. The highest BCUT2D eigenvalue weighted by Gasteiger charge is 2.26. The first-order valence-electron chi connectivity index (χ1n) is 10.2. The summed E-state index contributed by atoms with van der Waals surface area (Å²) in [6.07, 6.45) is 2.01. The molecule has 0 unspecified atom stereocenters. The van der Waals surface area contributed by atoms with Crippen molar-refractivity contribution in [2.45, 2.75) is 0 Å². The van der Waals surface area contributed by atoms with Crippen LogP contribution in [0.4, 0.5) is 0 Å². The molecule has 2 heterocycles. The Hall–Kier alpha value is -4.04. The lowest BCUT2D eigenvalue weighted by Gasteiger charge is -2.13. The number of hydrogen-bond donors (Lipinski definition) is 0. The van der Waals surface area contributed by atoms with Crippen LogP contribution in [-0.4, -0.2) is 4.98 Å². The summed E-state index contributed by atoms with van der Waals surface area (Å²) in [6.45, 7) is 0. The molecule has 0 spiro atoms. The largest absolute Gasteiger partial charge is 0.243 e. The van der Waals surface area contributed by atoms with Gasteiger partial charge in [-0.3, -0.25) is 0 Å². The van der Waals surface area contributed by atoms with Crippen LogP contribution in [0.2, 0.25) is 0 Å². The Morgan fingerprint density at radius 2 is 1.10 bits per heavy atom. The van der Waals surface area contributed by atoms with Crippen molar-refractivity contribution in [1.29, 1.82) is 0 Å². The third-order valence-corrected chi connectivity index (χ3v) is 5.73. The van der Waals surface area contributed by atoms with Crippen LogP contribution in [-0.2, 0) is 0 Å². The maximum atomic E-state index is 4.78. The number of fused-ring (bicyclic) bond motifs is 5. The van der Waals surface area contributed by atoms with Crippen LogP contribution in [0.25, 0.3) is 49.7 Å². The fourth-order valence-electron chi connectivity index (χ4n) is 4.44. The SMILES string of the molecule is c1ccc(-c2c(-c3ccccc3)[n+]3c4ccccc4ncc3c3ccccc23)cc1. The molecule has 4 aromatic carbocycles. The van der Waals surface area contributed by atoms with E-state index in [2.05, 4.69) is 108 Å². The molecule has 0 amide bonds. The number of rotatable bonds is 2. The summed E-state index contributed by atoms with van der Waals surface area (Å²) in [5, 5.41) is 2.44. The van der Waals surface area contributed by atoms with Crippen LogP contribution in [0.3, 0.4) is 0 Å². The minimum Gasteiger partial charge on any atom is -0.243 e. The van der Waals surface area contributed by atoms with E-state index in [1.807, 2.05) is 12.3 Å². The molecule has 0 fully saturated rings. The molecule has 2 aromatic heterocycles. The second-order valence-corrected chi connectivity index (χ2v) is 7.47. The Morgan fingerprint density at radius 3 is 1.87 bits per heavy atom. The standard InChI is InChI=1S/C28H19N2/c1-3-11-20(12-4-1)27-23-16-8-7-15-22(23)26-19-29-24-17-9-10-18-25(24)30(26)28(27)21-13-5-2-6-14-21/h1-19H/q+1. The molecule has 0 aliphatic carbocycles. The van der Waals surface area contributed by atoms with Gasteiger partial charge in [-0.25, -0.2) is 4.98 Å². The molecule has 0 radical (unpaired) electrons.